The van der Waals surface area contributed by atoms with Gasteiger partial charge in [0.2, 0.25) is 0 Å². The molecule has 0 saturated carbocycles. The molecule has 100 valence electrons. The summed E-state index contributed by atoms with van der Waals surface area (Å²) < 4.78 is 12.2. The fraction of sp³-hybridized carbons (Fsp3) is 0.857. The van der Waals surface area contributed by atoms with E-state index in [9.17, 15) is 0 Å². The average Bonchev–Trinajstić information content (AvgIpc) is 2.15. The van der Waals surface area contributed by atoms with Crippen LogP contribution in [0.5, 0.6) is 0 Å². The summed E-state index contributed by atoms with van der Waals surface area (Å²) in [7, 11) is -1.71. The summed E-state index contributed by atoms with van der Waals surface area (Å²) in [6.07, 6.45) is 3.24. The highest BCUT2D eigenvalue weighted by molar-refractivity contribution is 6.74. The molecule has 0 amide bonds. The Bertz CT molecular complexity index is 268. The van der Waals surface area contributed by atoms with Gasteiger partial charge in [-0.2, -0.15) is 0 Å². The second kappa shape index (κ2) is 5.25. The summed E-state index contributed by atoms with van der Waals surface area (Å²) in [5.74, 6) is 0.584. The molecule has 1 saturated heterocycles. The Morgan fingerprint density at radius 1 is 1.35 bits per heavy atom. The Kier molecular flexibility index (Phi) is 4.61. The van der Waals surface area contributed by atoms with Gasteiger partial charge in [0, 0.05) is 0 Å². The number of ether oxygens (including phenoxy) is 1. The zero-order valence-electron chi connectivity index (χ0n) is 12.2. The van der Waals surface area contributed by atoms with E-state index in [0.717, 1.165) is 13.0 Å². The van der Waals surface area contributed by atoms with Crippen LogP contribution in [-0.2, 0) is 9.16 Å². The fourth-order valence-corrected chi connectivity index (χ4v) is 3.21. The first-order valence-corrected chi connectivity index (χ1v) is 9.50. The lowest BCUT2D eigenvalue weighted by Gasteiger charge is -2.43. The second-order valence-corrected chi connectivity index (χ2v) is 11.5. The number of rotatable bonds is 3. The summed E-state index contributed by atoms with van der Waals surface area (Å²) in [5.41, 5.74) is 0. The highest BCUT2D eigenvalue weighted by atomic mass is 28.4. The van der Waals surface area contributed by atoms with Gasteiger partial charge >= 0.3 is 0 Å². The molecule has 0 aromatic rings. The van der Waals surface area contributed by atoms with E-state index in [1.54, 1.807) is 0 Å². The largest absolute Gasteiger partial charge is 0.411 e. The van der Waals surface area contributed by atoms with Gasteiger partial charge in [0.25, 0.3) is 0 Å². The van der Waals surface area contributed by atoms with Crippen molar-refractivity contribution in [2.45, 2.75) is 64.5 Å². The number of hydrogen-bond acceptors (Lipinski definition) is 2. The van der Waals surface area contributed by atoms with E-state index >= 15 is 0 Å². The normalized spacial score (nSPS) is 31.3. The Morgan fingerprint density at radius 3 is 2.41 bits per heavy atom. The molecule has 3 atom stereocenters. The van der Waals surface area contributed by atoms with Crippen LogP contribution < -0.4 is 0 Å². The lowest BCUT2D eigenvalue weighted by molar-refractivity contribution is -0.0651. The summed E-state index contributed by atoms with van der Waals surface area (Å²) in [4.78, 5) is 0. The molecule has 0 radical (unpaired) electrons. The first kappa shape index (κ1) is 14.9. The molecule has 1 fully saturated rings. The van der Waals surface area contributed by atoms with Crippen LogP contribution in [0.4, 0.5) is 0 Å². The summed E-state index contributed by atoms with van der Waals surface area (Å²) in [6, 6.07) is 0. The van der Waals surface area contributed by atoms with Crippen LogP contribution >= 0.6 is 0 Å². The molecule has 2 nitrogen and oxygen atoms in total. The molecule has 3 heteroatoms. The van der Waals surface area contributed by atoms with Crippen molar-refractivity contribution < 1.29 is 9.16 Å². The Labute approximate surface area is 108 Å². The summed E-state index contributed by atoms with van der Waals surface area (Å²) in [6.45, 7) is 18.3. The predicted octanol–water partition coefficient (Wildman–Crippen LogP) is 3.99. The third kappa shape index (κ3) is 3.67. The van der Waals surface area contributed by atoms with Crippen molar-refractivity contribution in [1.82, 2.24) is 0 Å². The lowest BCUT2D eigenvalue weighted by Crippen LogP contribution is -2.49. The van der Waals surface area contributed by atoms with Crippen molar-refractivity contribution in [3.05, 3.63) is 12.7 Å². The van der Waals surface area contributed by atoms with E-state index < -0.39 is 8.32 Å². The van der Waals surface area contributed by atoms with Crippen LogP contribution in [-0.4, -0.2) is 27.1 Å². The topological polar surface area (TPSA) is 18.5 Å². The van der Waals surface area contributed by atoms with Crippen molar-refractivity contribution in [2.75, 3.05) is 6.61 Å². The Hall–Kier alpha value is -0.123. The Morgan fingerprint density at radius 2 is 1.94 bits per heavy atom. The van der Waals surface area contributed by atoms with E-state index in [4.69, 9.17) is 9.16 Å². The third-order valence-electron chi connectivity index (χ3n) is 4.06. The SMILES string of the molecule is C=C[C@@H]1OC[C@H](C)C[C@H]1O[Si](C)(C)C(C)(C)C. The summed E-state index contributed by atoms with van der Waals surface area (Å²) >= 11 is 0. The third-order valence-corrected chi connectivity index (χ3v) is 8.56. The Balaban J connectivity index is 2.73. The van der Waals surface area contributed by atoms with E-state index in [-0.39, 0.29) is 17.2 Å². The molecule has 1 aliphatic rings. The van der Waals surface area contributed by atoms with Gasteiger partial charge in [0.05, 0.1) is 12.7 Å². The van der Waals surface area contributed by atoms with E-state index in [0.29, 0.717) is 5.92 Å². The zero-order chi connectivity index (χ0) is 13.3. The van der Waals surface area contributed by atoms with Gasteiger partial charge in [-0.3, -0.25) is 0 Å². The van der Waals surface area contributed by atoms with Crippen LogP contribution in [0.15, 0.2) is 12.7 Å². The van der Waals surface area contributed by atoms with Gasteiger partial charge in [-0.25, -0.2) is 0 Å². The lowest BCUT2D eigenvalue weighted by atomic mass is 9.98. The van der Waals surface area contributed by atoms with Crippen LogP contribution in [0.2, 0.25) is 18.1 Å². The van der Waals surface area contributed by atoms with Crippen LogP contribution in [0, 0.1) is 5.92 Å². The molecule has 1 aliphatic heterocycles. The van der Waals surface area contributed by atoms with Gasteiger partial charge in [-0.05, 0) is 30.5 Å². The highest BCUT2D eigenvalue weighted by Crippen LogP contribution is 2.39. The van der Waals surface area contributed by atoms with Gasteiger partial charge in [-0.15, -0.1) is 6.58 Å². The van der Waals surface area contributed by atoms with Gasteiger partial charge in [-0.1, -0.05) is 33.8 Å². The van der Waals surface area contributed by atoms with Gasteiger partial charge in [0.1, 0.15) is 6.10 Å². The van der Waals surface area contributed by atoms with Crippen molar-refractivity contribution >= 4 is 8.32 Å². The molecule has 0 unspecified atom stereocenters. The molecule has 1 rings (SSSR count). The first-order chi connectivity index (χ1) is 7.67. The van der Waals surface area contributed by atoms with E-state index in [1.807, 2.05) is 6.08 Å². The molecule has 0 spiro atoms. The monoisotopic (exact) mass is 256 g/mol. The maximum Gasteiger partial charge on any atom is 0.192 e. The second-order valence-electron chi connectivity index (χ2n) is 6.79. The molecule has 0 aliphatic carbocycles. The average molecular weight is 256 g/mol. The maximum atomic E-state index is 6.46. The molecule has 0 aromatic heterocycles. The predicted molar refractivity (Wildman–Crippen MR) is 75.8 cm³/mol. The first-order valence-electron chi connectivity index (χ1n) is 6.59. The minimum absolute atomic E-state index is 0.0697. The van der Waals surface area contributed by atoms with Crippen molar-refractivity contribution in [3.8, 4) is 0 Å². The minimum atomic E-state index is -1.71. The number of hydrogen-bond donors (Lipinski definition) is 0. The van der Waals surface area contributed by atoms with Gasteiger partial charge in [0.15, 0.2) is 8.32 Å². The molecule has 1 heterocycles. The molecule has 0 bridgehead atoms. The smallest absolute Gasteiger partial charge is 0.192 e. The fourth-order valence-electron chi connectivity index (χ4n) is 1.87. The van der Waals surface area contributed by atoms with Crippen molar-refractivity contribution in [1.29, 1.82) is 0 Å². The summed E-state index contributed by atoms with van der Waals surface area (Å²) in [5, 5.41) is 0.249. The van der Waals surface area contributed by atoms with Gasteiger partial charge < -0.3 is 9.16 Å². The van der Waals surface area contributed by atoms with Crippen LogP contribution in [0.1, 0.15) is 34.1 Å². The van der Waals surface area contributed by atoms with Crippen molar-refractivity contribution in [2.24, 2.45) is 5.92 Å². The van der Waals surface area contributed by atoms with E-state index in [2.05, 4.69) is 47.4 Å². The molecule has 0 N–H and O–H groups in total. The standard InChI is InChI=1S/C14H28O2Si/c1-8-12-13(9-11(2)10-15-12)16-17(6,7)14(3,4)5/h8,11-13H,1,9-10H2,2-7H3/t11-,12+,13-/m1/s1. The van der Waals surface area contributed by atoms with E-state index in [1.165, 1.54) is 0 Å². The zero-order valence-corrected chi connectivity index (χ0v) is 13.2. The molecular weight excluding hydrogens is 228 g/mol. The van der Waals surface area contributed by atoms with Crippen molar-refractivity contribution in [3.63, 3.8) is 0 Å². The maximum absolute atomic E-state index is 6.46. The van der Waals surface area contributed by atoms with Crippen LogP contribution in [0.3, 0.4) is 0 Å². The minimum Gasteiger partial charge on any atom is -0.411 e. The molecular formula is C14H28O2Si. The molecule has 17 heavy (non-hydrogen) atoms. The van der Waals surface area contributed by atoms with Crippen LogP contribution in [0.25, 0.3) is 0 Å². The molecule has 0 aromatic carbocycles. The highest BCUT2D eigenvalue weighted by Gasteiger charge is 2.41. The quantitative estimate of drug-likeness (QED) is 0.561.